The van der Waals surface area contributed by atoms with Gasteiger partial charge in [0.25, 0.3) is 0 Å². The number of methoxy groups -OCH3 is 1. The molecule has 1 aromatic rings. The van der Waals surface area contributed by atoms with E-state index in [1.165, 1.54) is 26.0 Å². The number of rotatable bonds is 34. The van der Waals surface area contributed by atoms with Crippen LogP contribution < -0.4 is 27.4 Å². The van der Waals surface area contributed by atoms with Crippen LogP contribution in [-0.2, 0) is 49.6 Å². The van der Waals surface area contributed by atoms with Gasteiger partial charge >= 0.3 is 12.1 Å². The Morgan fingerprint density at radius 1 is 0.754 bits per heavy atom. The standard InChI is InChI=1S/C51H85N7O11/c1-13-34(8)47(43(68-12)26-35(9)59)57(10)49(65)40(31(2)3)28-42(62)46(33(6)7)58(11)51(67)69-30-36-21-23-38(24-22-36)55-48(64)37(18-17-25-54-50(53)66)27-41(61)45(32(4)5)56-44(63)20-16-14-15-19-39(60)29-52/h21-24,31-34,37,40,43,45-47H,13-20,25-30,52H2,1-12H3,(H,55,64)(H,56,63)(H3,53,54,66)/t34-,37+,40-,43+,45-,46?,47-/m0/s1. The molecular weight excluding hydrogens is 887 g/mol. The van der Waals surface area contributed by atoms with Gasteiger partial charge in [-0.15, -0.1) is 0 Å². The number of carbonyl (C=O) groups excluding carboxylic acids is 9. The number of unbranched alkanes of at least 4 members (excludes halogenated alkanes) is 2. The van der Waals surface area contributed by atoms with E-state index < -0.39 is 54.1 Å². The van der Waals surface area contributed by atoms with E-state index in [1.54, 1.807) is 50.1 Å². The molecule has 1 unspecified atom stereocenters. The van der Waals surface area contributed by atoms with E-state index in [2.05, 4.69) is 16.0 Å². The first-order valence-electron chi connectivity index (χ1n) is 24.6. The smallest absolute Gasteiger partial charge is 0.410 e. The summed E-state index contributed by atoms with van der Waals surface area (Å²) >= 11 is 0. The Labute approximate surface area is 410 Å². The number of benzene rings is 1. The van der Waals surface area contributed by atoms with Crippen LogP contribution in [0, 0.1) is 35.5 Å². The summed E-state index contributed by atoms with van der Waals surface area (Å²) in [4.78, 5) is 120. The Bertz CT molecular complexity index is 1840. The summed E-state index contributed by atoms with van der Waals surface area (Å²) in [6, 6.07) is 3.75. The van der Waals surface area contributed by atoms with Gasteiger partial charge in [-0.05, 0) is 74.0 Å². The number of nitrogens with one attached hydrogen (secondary N) is 3. The summed E-state index contributed by atoms with van der Waals surface area (Å²) < 4.78 is 11.4. The van der Waals surface area contributed by atoms with E-state index in [-0.39, 0.29) is 110 Å². The van der Waals surface area contributed by atoms with Crippen LogP contribution in [0.3, 0.4) is 0 Å². The van der Waals surface area contributed by atoms with Crippen LogP contribution in [0.2, 0.25) is 0 Å². The Balaban J connectivity index is 3.08. The molecule has 0 bridgehead atoms. The van der Waals surface area contributed by atoms with Crippen molar-refractivity contribution < 1.29 is 52.6 Å². The Hall–Kier alpha value is -5.23. The minimum absolute atomic E-state index is 0.00989. The molecule has 1 rings (SSSR count). The largest absolute Gasteiger partial charge is 0.445 e. The minimum atomic E-state index is -0.890. The highest BCUT2D eigenvalue weighted by Gasteiger charge is 2.40. The topological polar surface area (TPSA) is 267 Å². The number of ketones is 4. The maximum atomic E-state index is 14.2. The van der Waals surface area contributed by atoms with Crippen LogP contribution in [0.25, 0.3) is 0 Å². The molecule has 18 nitrogen and oxygen atoms in total. The quantitative estimate of drug-likeness (QED) is 0.0501. The summed E-state index contributed by atoms with van der Waals surface area (Å²) in [6.45, 7) is 16.6. The lowest BCUT2D eigenvalue weighted by atomic mass is 9.83. The molecular formula is C51H85N7O11. The molecule has 0 saturated carbocycles. The van der Waals surface area contributed by atoms with Crippen LogP contribution in [0.5, 0.6) is 0 Å². The fourth-order valence-corrected chi connectivity index (χ4v) is 8.55. The maximum Gasteiger partial charge on any atom is 0.410 e. The third kappa shape index (κ3) is 21.9. The molecule has 0 spiro atoms. The SMILES string of the molecule is CC[C@H](C)[C@@H]([C@@H](CC(C)=O)OC)N(C)C(=O)[C@@H](CC(=O)C(C(C)C)N(C)C(=O)OCc1ccc(NC(=O)[C@H](CCCNC(N)=O)CC(=O)[C@@H](NC(=O)CCCCCC(=O)CN)C(C)C)cc1)C(C)C. The van der Waals surface area contributed by atoms with Crippen LogP contribution in [0.4, 0.5) is 15.3 Å². The van der Waals surface area contributed by atoms with Crippen molar-refractivity contribution in [3.05, 3.63) is 29.8 Å². The molecule has 6 amide bonds. The molecule has 18 heteroatoms. The average Bonchev–Trinajstić information content (AvgIpc) is 3.28. The van der Waals surface area contributed by atoms with E-state index in [0.29, 0.717) is 43.4 Å². The Morgan fingerprint density at radius 2 is 1.38 bits per heavy atom. The first-order chi connectivity index (χ1) is 32.4. The van der Waals surface area contributed by atoms with Crippen LogP contribution in [0.15, 0.2) is 24.3 Å². The number of nitrogens with zero attached hydrogens (tertiary/aromatic N) is 2. The van der Waals surface area contributed by atoms with E-state index in [1.807, 2.05) is 41.5 Å². The molecule has 390 valence electrons. The summed E-state index contributed by atoms with van der Waals surface area (Å²) in [5, 5.41) is 8.17. The minimum Gasteiger partial charge on any atom is -0.445 e. The molecule has 1 aromatic carbocycles. The molecule has 69 heavy (non-hydrogen) atoms. The van der Waals surface area contributed by atoms with Gasteiger partial charge < -0.3 is 46.7 Å². The Morgan fingerprint density at radius 3 is 1.90 bits per heavy atom. The third-order valence-corrected chi connectivity index (χ3v) is 12.8. The third-order valence-electron chi connectivity index (χ3n) is 12.8. The number of carbonyl (C=O) groups is 9. The number of primary amides is 1. The molecule has 0 fully saturated rings. The first-order valence-corrected chi connectivity index (χ1v) is 24.6. The van der Waals surface area contributed by atoms with Crippen molar-refractivity contribution in [2.24, 2.45) is 47.0 Å². The highest BCUT2D eigenvalue weighted by molar-refractivity contribution is 5.97. The van der Waals surface area contributed by atoms with Crippen molar-refractivity contribution in [1.29, 1.82) is 0 Å². The van der Waals surface area contributed by atoms with Gasteiger partial charge in [-0.1, -0.05) is 80.4 Å². The second kappa shape index (κ2) is 31.8. The van der Waals surface area contributed by atoms with Gasteiger partial charge in [0.2, 0.25) is 17.7 Å². The number of Topliss-reactive ketones (excluding diaryl/α,β-unsaturated/α-hetero) is 4. The van der Waals surface area contributed by atoms with Gasteiger partial charge in [0.1, 0.15) is 18.2 Å². The zero-order valence-corrected chi connectivity index (χ0v) is 43.5. The lowest BCUT2D eigenvalue weighted by Gasteiger charge is -2.40. The van der Waals surface area contributed by atoms with Crippen molar-refractivity contribution in [1.82, 2.24) is 20.4 Å². The molecule has 0 aliphatic rings. The second-order valence-electron chi connectivity index (χ2n) is 19.5. The van der Waals surface area contributed by atoms with Crippen molar-refractivity contribution in [3.8, 4) is 0 Å². The van der Waals surface area contributed by atoms with Gasteiger partial charge in [0.15, 0.2) is 11.6 Å². The van der Waals surface area contributed by atoms with E-state index in [4.69, 9.17) is 20.9 Å². The zero-order valence-electron chi connectivity index (χ0n) is 43.5. The average molecular weight is 972 g/mol. The van der Waals surface area contributed by atoms with Gasteiger partial charge in [-0.25, -0.2) is 9.59 Å². The zero-order chi connectivity index (χ0) is 52.5. The molecule has 0 aliphatic heterocycles. The number of ether oxygens (including phenoxy) is 2. The van der Waals surface area contributed by atoms with Crippen molar-refractivity contribution >= 4 is 58.7 Å². The molecule has 7 N–H and O–H groups in total. The molecule has 0 heterocycles. The lowest BCUT2D eigenvalue weighted by Crippen LogP contribution is -2.53. The highest BCUT2D eigenvalue weighted by Crippen LogP contribution is 2.28. The van der Waals surface area contributed by atoms with Gasteiger partial charge in [0.05, 0.1) is 30.8 Å². The van der Waals surface area contributed by atoms with Crippen LogP contribution in [-0.4, -0.2) is 121 Å². The van der Waals surface area contributed by atoms with Crippen molar-refractivity contribution in [3.63, 3.8) is 0 Å². The number of hydrogen-bond acceptors (Lipinski definition) is 12. The molecule has 7 atom stereocenters. The number of likely N-dealkylation sites (N-methyl/N-ethyl adjacent to an activating group) is 2. The highest BCUT2D eigenvalue weighted by atomic mass is 16.6. The summed E-state index contributed by atoms with van der Waals surface area (Å²) in [5.41, 5.74) is 11.6. The number of nitrogens with two attached hydrogens (primary N) is 2. The monoisotopic (exact) mass is 972 g/mol. The molecule has 0 aromatic heterocycles. The van der Waals surface area contributed by atoms with Crippen molar-refractivity contribution in [2.75, 3.05) is 39.6 Å². The van der Waals surface area contributed by atoms with Gasteiger partial charge in [0, 0.05) is 77.4 Å². The number of hydrogen-bond donors (Lipinski definition) is 5. The molecule has 0 saturated heterocycles. The maximum absolute atomic E-state index is 14.2. The van der Waals surface area contributed by atoms with Crippen LogP contribution >= 0.6 is 0 Å². The lowest BCUT2D eigenvalue weighted by molar-refractivity contribution is -0.146. The second-order valence-corrected chi connectivity index (χ2v) is 19.5. The number of amides is 6. The van der Waals surface area contributed by atoms with Gasteiger partial charge in [-0.2, -0.15) is 0 Å². The molecule has 0 radical (unpaired) electrons. The first kappa shape index (κ1) is 61.8. The van der Waals surface area contributed by atoms with E-state index in [0.717, 1.165) is 6.42 Å². The molecule has 0 aliphatic carbocycles. The van der Waals surface area contributed by atoms with E-state index >= 15 is 0 Å². The van der Waals surface area contributed by atoms with Gasteiger partial charge in [-0.3, -0.25) is 33.6 Å². The summed E-state index contributed by atoms with van der Waals surface area (Å²) in [7, 11) is 4.72. The predicted molar refractivity (Wildman–Crippen MR) is 266 cm³/mol. The Kier molecular flexibility index (Phi) is 28.5. The van der Waals surface area contributed by atoms with E-state index in [9.17, 15) is 43.2 Å². The fourth-order valence-electron chi connectivity index (χ4n) is 8.55. The number of anilines is 1. The van der Waals surface area contributed by atoms with Crippen LogP contribution in [0.1, 0.15) is 139 Å². The normalized spacial score (nSPS) is 14.4. The van der Waals surface area contributed by atoms with Crippen molar-refractivity contribution in [2.45, 2.75) is 164 Å². The fraction of sp³-hybridized carbons (Fsp3) is 0.706. The summed E-state index contributed by atoms with van der Waals surface area (Å²) in [5.74, 6) is -3.93. The predicted octanol–water partition coefficient (Wildman–Crippen LogP) is 5.96. The summed E-state index contributed by atoms with van der Waals surface area (Å²) in [6.07, 6.45) is 2.33. The number of urea groups is 1.